The quantitative estimate of drug-likeness (QED) is 0.789. The first kappa shape index (κ1) is 17.0. The molecule has 4 rings (SSSR count). The van der Waals surface area contributed by atoms with E-state index < -0.39 is 0 Å². The van der Waals surface area contributed by atoms with Crippen molar-refractivity contribution in [2.75, 3.05) is 31.1 Å². The van der Waals surface area contributed by atoms with E-state index in [1.54, 1.807) is 4.90 Å². The van der Waals surface area contributed by atoms with E-state index in [9.17, 15) is 9.59 Å². The lowest BCUT2D eigenvalue weighted by molar-refractivity contribution is 0.0885. The predicted molar refractivity (Wildman–Crippen MR) is 97.0 cm³/mol. The fourth-order valence-corrected chi connectivity index (χ4v) is 2.48. The van der Waals surface area contributed by atoms with Crippen molar-refractivity contribution in [3.05, 3.63) is 65.2 Å². The van der Waals surface area contributed by atoms with E-state index in [0.717, 1.165) is 24.3 Å². The molecule has 2 aromatic rings. The fraction of sp³-hybridized carbons (Fsp3) is 0.300. The van der Waals surface area contributed by atoms with Crippen molar-refractivity contribution in [3.63, 3.8) is 0 Å². The number of anilines is 1. The average Bonchev–Trinajstić information content (AvgIpc) is 3.38. The van der Waals surface area contributed by atoms with Gasteiger partial charge in [0, 0.05) is 24.3 Å². The van der Waals surface area contributed by atoms with Gasteiger partial charge in [0.05, 0.1) is 6.54 Å². The number of nitrogens with zero attached hydrogens (tertiary/aromatic N) is 2. The predicted octanol–water partition coefficient (Wildman–Crippen LogP) is 3.40. The standard InChI is InChI=1S/C10H11NO2.C10H11NO/c1-8-2-4-9(5-3-8)11-6-7-13-10(11)12;1-8-2-4-9(5-3-8)10(12)11-6-7-11/h2-5H,6-7H2,1H3;2-5H,6-7H2,1H3. The molecule has 0 bridgehead atoms. The molecule has 2 saturated heterocycles. The molecule has 2 amide bonds. The van der Waals surface area contributed by atoms with Crippen LogP contribution in [0.25, 0.3) is 0 Å². The molecule has 0 aliphatic carbocycles. The van der Waals surface area contributed by atoms with Gasteiger partial charge in [0.15, 0.2) is 0 Å². The molecule has 2 heterocycles. The summed E-state index contributed by atoms with van der Waals surface area (Å²) in [5.74, 6) is 0.162. The summed E-state index contributed by atoms with van der Waals surface area (Å²) in [6.07, 6.45) is -0.246. The Balaban J connectivity index is 0.000000146. The topological polar surface area (TPSA) is 49.6 Å². The minimum Gasteiger partial charge on any atom is -0.447 e. The van der Waals surface area contributed by atoms with Crippen molar-refractivity contribution in [1.82, 2.24) is 4.90 Å². The van der Waals surface area contributed by atoms with Gasteiger partial charge in [-0.25, -0.2) is 4.79 Å². The lowest BCUT2D eigenvalue weighted by Crippen LogP contribution is -2.23. The average molecular weight is 338 g/mol. The summed E-state index contributed by atoms with van der Waals surface area (Å²) in [5.41, 5.74) is 4.10. The second kappa shape index (κ2) is 7.38. The van der Waals surface area contributed by atoms with Gasteiger partial charge in [0.2, 0.25) is 0 Å². The summed E-state index contributed by atoms with van der Waals surface area (Å²) < 4.78 is 4.84. The molecule has 25 heavy (non-hydrogen) atoms. The number of amides is 2. The van der Waals surface area contributed by atoms with Gasteiger partial charge in [0.25, 0.3) is 5.91 Å². The normalized spacial score (nSPS) is 15.4. The van der Waals surface area contributed by atoms with Crippen LogP contribution in [0.3, 0.4) is 0 Å². The molecule has 2 aromatic carbocycles. The molecule has 2 fully saturated rings. The van der Waals surface area contributed by atoms with Gasteiger partial charge < -0.3 is 9.64 Å². The Hall–Kier alpha value is -2.82. The third-order valence-corrected chi connectivity index (χ3v) is 4.14. The van der Waals surface area contributed by atoms with E-state index in [1.807, 2.05) is 67.3 Å². The van der Waals surface area contributed by atoms with Crippen molar-refractivity contribution in [2.45, 2.75) is 13.8 Å². The van der Waals surface area contributed by atoms with Crippen molar-refractivity contribution in [2.24, 2.45) is 0 Å². The third-order valence-electron chi connectivity index (χ3n) is 4.14. The Morgan fingerprint density at radius 3 is 1.92 bits per heavy atom. The van der Waals surface area contributed by atoms with Gasteiger partial charge in [-0.1, -0.05) is 35.4 Å². The molecule has 0 saturated carbocycles. The molecule has 0 unspecified atom stereocenters. The van der Waals surface area contributed by atoms with E-state index in [4.69, 9.17) is 4.74 Å². The summed E-state index contributed by atoms with van der Waals surface area (Å²) in [7, 11) is 0. The lowest BCUT2D eigenvalue weighted by atomic mass is 10.1. The van der Waals surface area contributed by atoms with E-state index in [-0.39, 0.29) is 12.0 Å². The highest BCUT2D eigenvalue weighted by molar-refractivity contribution is 5.95. The van der Waals surface area contributed by atoms with Gasteiger partial charge in [-0.2, -0.15) is 0 Å². The van der Waals surface area contributed by atoms with E-state index in [0.29, 0.717) is 13.2 Å². The summed E-state index contributed by atoms with van der Waals surface area (Å²) in [6.45, 7) is 7.03. The number of ether oxygens (including phenoxy) is 1. The molecule has 5 heteroatoms. The molecule has 2 aliphatic rings. The first-order valence-electron chi connectivity index (χ1n) is 8.41. The number of rotatable bonds is 2. The zero-order valence-corrected chi connectivity index (χ0v) is 14.6. The number of aryl methyl sites for hydroxylation is 2. The van der Waals surface area contributed by atoms with E-state index in [2.05, 4.69) is 0 Å². The number of hydrogen-bond donors (Lipinski definition) is 0. The Bertz CT molecular complexity index is 750. The van der Waals surface area contributed by atoms with Crippen LogP contribution >= 0.6 is 0 Å². The Labute approximate surface area is 147 Å². The minimum atomic E-state index is -0.246. The molecule has 0 N–H and O–H groups in total. The van der Waals surface area contributed by atoms with Crippen LogP contribution < -0.4 is 4.90 Å². The smallest absolute Gasteiger partial charge is 0.414 e. The number of cyclic esters (lactones) is 1. The van der Waals surface area contributed by atoms with Gasteiger partial charge in [0.1, 0.15) is 6.61 Å². The van der Waals surface area contributed by atoms with Crippen LogP contribution in [0, 0.1) is 13.8 Å². The van der Waals surface area contributed by atoms with Crippen molar-refractivity contribution < 1.29 is 14.3 Å². The van der Waals surface area contributed by atoms with Crippen LogP contribution in [0.1, 0.15) is 21.5 Å². The molecule has 0 atom stereocenters. The lowest BCUT2D eigenvalue weighted by Gasteiger charge is -2.12. The van der Waals surface area contributed by atoms with Crippen LogP contribution in [0.2, 0.25) is 0 Å². The Morgan fingerprint density at radius 1 is 0.880 bits per heavy atom. The number of carbonyl (C=O) groups excluding carboxylic acids is 2. The van der Waals surface area contributed by atoms with E-state index >= 15 is 0 Å². The fourth-order valence-electron chi connectivity index (χ4n) is 2.48. The monoisotopic (exact) mass is 338 g/mol. The molecular formula is C20H22N2O3. The summed E-state index contributed by atoms with van der Waals surface area (Å²) in [4.78, 5) is 26.1. The minimum absolute atomic E-state index is 0.162. The first-order valence-corrected chi connectivity index (χ1v) is 8.41. The van der Waals surface area contributed by atoms with Crippen molar-refractivity contribution in [3.8, 4) is 0 Å². The molecular weight excluding hydrogens is 316 g/mol. The zero-order chi connectivity index (χ0) is 17.8. The van der Waals surface area contributed by atoms with Crippen molar-refractivity contribution >= 4 is 17.7 Å². The Morgan fingerprint density at radius 2 is 1.44 bits per heavy atom. The maximum Gasteiger partial charge on any atom is 0.414 e. The molecule has 0 spiro atoms. The van der Waals surface area contributed by atoms with Crippen LogP contribution in [0.15, 0.2) is 48.5 Å². The van der Waals surface area contributed by atoms with Crippen LogP contribution in [0.4, 0.5) is 10.5 Å². The molecule has 0 radical (unpaired) electrons. The van der Waals surface area contributed by atoms with Crippen LogP contribution in [-0.2, 0) is 4.74 Å². The number of benzene rings is 2. The highest BCUT2D eigenvalue weighted by atomic mass is 16.6. The molecule has 130 valence electrons. The maximum absolute atomic E-state index is 11.4. The summed E-state index contributed by atoms with van der Waals surface area (Å²) in [6, 6.07) is 15.5. The first-order chi connectivity index (χ1) is 12.0. The van der Waals surface area contributed by atoms with Gasteiger partial charge in [-0.05, 0) is 38.1 Å². The highest BCUT2D eigenvalue weighted by Crippen LogP contribution is 2.18. The second-order valence-corrected chi connectivity index (χ2v) is 6.26. The molecule has 0 aromatic heterocycles. The third kappa shape index (κ3) is 4.38. The molecule has 5 nitrogen and oxygen atoms in total. The maximum atomic E-state index is 11.4. The second-order valence-electron chi connectivity index (χ2n) is 6.26. The van der Waals surface area contributed by atoms with Crippen molar-refractivity contribution in [1.29, 1.82) is 0 Å². The van der Waals surface area contributed by atoms with Crippen LogP contribution in [-0.4, -0.2) is 43.1 Å². The van der Waals surface area contributed by atoms with Crippen LogP contribution in [0.5, 0.6) is 0 Å². The summed E-state index contributed by atoms with van der Waals surface area (Å²) >= 11 is 0. The highest BCUT2D eigenvalue weighted by Gasteiger charge is 2.24. The SMILES string of the molecule is Cc1ccc(C(=O)N2CC2)cc1.Cc1ccc(N2CCOC2=O)cc1. The zero-order valence-electron chi connectivity index (χ0n) is 14.6. The Kier molecular flexibility index (Phi) is 5.03. The van der Waals surface area contributed by atoms with Gasteiger partial charge in [-0.15, -0.1) is 0 Å². The summed E-state index contributed by atoms with van der Waals surface area (Å²) in [5, 5.41) is 0. The molecule has 2 aliphatic heterocycles. The largest absolute Gasteiger partial charge is 0.447 e. The van der Waals surface area contributed by atoms with E-state index in [1.165, 1.54) is 11.1 Å². The van der Waals surface area contributed by atoms with Gasteiger partial charge in [-0.3, -0.25) is 9.69 Å². The van der Waals surface area contributed by atoms with Gasteiger partial charge >= 0.3 is 6.09 Å². The number of hydrogen-bond acceptors (Lipinski definition) is 3. The number of carbonyl (C=O) groups is 2.